The predicted octanol–water partition coefficient (Wildman–Crippen LogP) is 3.90. The summed E-state index contributed by atoms with van der Waals surface area (Å²) in [6, 6.07) is 10.2. The van der Waals surface area contributed by atoms with Crippen molar-refractivity contribution in [3.05, 3.63) is 63.3 Å². The average molecular weight is 343 g/mol. The number of aromatic nitrogens is 3. The van der Waals surface area contributed by atoms with Crippen LogP contribution in [-0.2, 0) is 19.5 Å². The largest absolute Gasteiger partial charge is 0.334 e. The molecule has 0 spiro atoms. The van der Waals surface area contributed by atoms with Crippen LogP contribution in [-0.4, -0.2) is 26.4 Å². The first-order valence-corrected chi connectivity index (χ1v) is 8.31. The number of fused-ring (bicyclic) bond motifs is 2. The van der Waals surface area contributed by atoms with E-state index in [0.717, 1.165) is 42.5 Å². The van der Waals surface area contributed by atoms with Gasteiger partial charge in [-0.1, -0.05) is 29.8 Å². The number of hydrogen-bond donors (Lipinski definition) is 1. The van der Waals surface area contributed by atoms with Crippen LogP contribution in [0.15, 0.2) is 36.5 Å². The van der Waals surface area contributed by atoms with E-state index in [-0.39, 0.29) is 0 Å². The van der Waals surface area contributed by atoms with Crippen molar-refractivity contribution in [1.82, 2.24) is 19.9 Å². The van der Waals surface area contributed by atoms with Crippen LogP contribution in [0.5, 0.6) is 0 Å². The Morgan fingerprint density at radius 3 is 3.09 bits per heavy atom. The normalized spacial score (nSPS) is 14.8. The van der Waals surface area contributed by atoms with E-state index in [1.165, 1.54) is 11.3 Å². The van der Waals surface area contributed by atoms with Crippen molar-refractivity contribution in [2.45, 2.75) is 19.5 Å². The van der Waals surface area contributed by atoms with E-state index in [9.17, 15) is 0 Å². The van der Waals surface area contributed by atoms with E-state index in [1.54, 1.807) is 0 Å². The Bertz CT molecular complexity index is 937. The Labute approximate surface area is 144 Å². The van der Waals surface area contributed by atoms with Gasteiger partial charge in [-0.15, -0.1) is 0 Å². The maximum Gasteiger partial charge on any atom is 0.196 e. The van der Waals surface area contributed by atoms with Crippen molar-refractivity contribution in [3.8, 4) is 0 Å². The summed E-state index contributed by atoms with van der Waals surface area (Å²) >= 11 is 11.5. The minimum atomic E-state index is 0.555. The molecule has 4 nitrogen and oxygen atoms in total. The number of para-hydroxylation sites is 1. The van der Waals surface area contributed by atoms with Crippen molar-refractivity contribution in [2.75, 3.05) is 6.54 Å². The lowest BCUT2D eigenvalue weighted by Crippen LogP contribution is -2.31. The van der Waals surface area contributed by atoms with Crippen LogP contribution in [0.2, 0.25) is 5.15 Å². The molecule has 4 rings (SSSR count). The number of halogens is 1. The summed E-state index contributed by atoms with van der Waals surface area (Å²) in [7, 11) is 0. The van der Waals surface area contributed by atoms with E-state index in [2.05, 4.69) is 32.0 Å². The molecule has 1 aromatic carbocycles. The standard InChI is InChI=1S/C17H15ClN4S/c18-16-12(7-11-3-1-2-4-14(11)20-16)9-22-6-5-15-13(10-22)8-19-17(23)21-15/h1-4,7-8H,5-6,9-10H2,(H,19,21,23). The zero-order valence-corrected chi connectivity index (χ0v) is 14.0. The number of nitrogens with zero attached hydrogens (tertiary/aromatic N) is 3. The molecule has 1 N–H and O–H groups in total. The molecular weight excluding hydrogens is 328 g/mol. The lowest BCUT2D eigenvalue weighted by atomic mass is 10.1. The average Bonchev–Trinajstić information content (AvgIpc) is 2.56. The van der Waals surface area contributed by atoms with Crippen molar-refractivity contribution >= 4 is 34.7 Å². The molecule has 0 saturated heterocycles. The molecule has 0 atom stereocenters. The fourth-order valence-corrected chi connectivity index (χ4v) is 3.41. The zero-order valence-electron chi connectivity index (χ0n) is 12.4. The van der Waals surface area contributed by atoms with Crippen molar-refractivity contribution < 1.29 is 0 Å². The van der Waals surface area contributed by atoms with Gasteiger partial charge in [0.15, 0.2) is 4.77 Å². The first-order valence-electron chi connectivity index (χ1n) is 7.52. The summed E-state index contributed by atoms with van der Waals surface area (Å²) in [5, 5.41) is 1.70. The van der Waals surface area contributed by atoms with Gasteiger partial charge in [0.25, 0.3) is 0 Å². The van der Waals surface area contributed by atoms with Gasteiger partial charge in [-0.3, -0.25) is 4.90 Å². The van der Waals surface area contributed by atoms with Gasteiger partial charge in [0.2, 0.25) is 0 Å². The number of H-pyrrole nitrogens is 1. The van der Waals surface area contributed by atoms with Crippen LogP contribution in [0.4, 0.5) is 0 Å². The summed E-state index contributed by atoms with van der Waals surface area (Å²) in [5.74, 6) is 0. The third kappa shape index (κ3) is 3.00. The molecule has 3 aromatic rings. The van der Waals surface area contributed by atoms with Crippen LogP contribution in [0.3, 0.4) is 0 Å². The number of hydrogen-bond acceptors (Lipinski definition) is 4. The monoisotopic (exact) mass is 342 g/mol. The van der Waals surface area contributed by atoms with Crippen LogP contribution in [0.1, 0.15) is 16.8 Å². The Hall–Kier alpha value is -1.82. The molecular formula is C17H15ClN4S. The maximum atomic E-state index is 6.37. The lowest BCUT2D eigenvalue weighted by molar-refractivity contribution is 0.242. The molecule has 116 valence electrons. The smallest absolute Gasteiger partial charge is 0.196 e. The van der Waals surface area contributed by atoms with Gasteiger partial charge in [-0.25, -0.2) is 9.97 Å². The quantitative estimate of drug-likeness (QED) is 0.566. The van der Waals surface area contributed by atoms with E-state index >= 15 is 0 Å². The molecule has 0 unspecified atom stereocenters. The Morgan fingerprint density at radius 2 is 2.17 bits per heavy atom. The highest BCUT2D eigenvalue weighted by molar-refractivity contribution is 7.71. The third-order valence-corrected chi connectivity index (χ3v) is 4.73. The molecule has 1 aliphatic rings. The second kappa shape index (κ2) is 6.00. The van der Waals surface area contributed by atoms with E-state index in [0.29, 0.717) is 9.92 Å². The highest BCUT2D eigenvalue weighted by Gasteiger charge is 2.18. The van der Waals surface area contributed by atoms with Gasteiger partial charge >= 0.3 is 0 Å². The summed E-state index contributed by atoms with van der Waals surface area (Å²) in [6.07, 6.45) is 2.82. The number of rotatable bonds is 2. The molecule has 0 radical (unpaired) electrons. The van der Waals surface area contributed by atoms with Gasteiger partial charge in [-0.2, -0.15) is 0 Å². The van der Waals surface area contributed by atoms with Crippen molar-refractivity contribution in [1.29, 1.82) is 0 Å². The molecule has 0 saturated carbocycles. The molecule has 0 fully saturated rings. The Morgan fingerprint density at radius 1 is 1.30 bits per heavy atom. The fourth-order valence-electron chi connectivity index (χ4n) is 3.03. The van der Waals surface area contributed by atoms with Gasteiger partial charge in [0.1, 0.15) is 5.15 Å². The molecule has 2 aromatic heterocycles. The van der Waals surface area contributed by atoms with Crippen LogP contribution in [0, 0.1) is 4.77 Å². The minimum absolute atomic E-state index is 0.555. The highest BCUT2D eigenvalue weighted by Crippen LogP contribution is 2.24. The van der Waals surface area contributed by atoms with E-state index < -0.39 is 0 Å². The van der Waals surface area contributed by atoms with Gasteiger partial charge in [-0.05, 0) is 24.4 Å². The van der Waals surface area contributed by atoms with Crippen LogP contribution >= 0.6 is 23.8 Å². The first kappa shape index (κ1) is 14.8. The second-order valence-corrected chi connectivity index (χ2v) is 6.53. The van der Waals surface area contributed by atoms with Gasteiger partial charge < -0.3 is 4.98 Å². The topological polar surface area (TPSA) is 44.8 Å². The Balaban J connectivity index is 1.60. The summed E-state index contributed by atoms with van der Waals surface area (Å²) < 4.78 is 0.555. The number of pyridine rings is 1. The molecule has 6 heteroatoms. The maximum absolute atomic E-state index is 6.37. The fraction of sp³-hybridized carbons (Fsp3) is 0.235. The van der Waals surface area contributed by atoms with Crippen LogP contribution in [0.25, 0.3) is 10.9 Å². The minimum Gasteiger partial charge on any atom is -0.334 e. The zero-order chi connectivity index (χ0) is 15.8. The predicted molar refractivity (Wildman–Crippen MR) is 94.0 cm³/mol. The molecule has 23 heavy (non-hydrogen) atoms. The molecule has 0 aliphatic carbocycles. The molecule has 0 bridgehead atoms. The van der Waals surface area contributed by atoms with Gasteiger partial charge in [0, 0.05) is 54.5 Å². The van der Waals surface area contributed by atoms with E-state index in [1.807, 2.05) is 24.4 Å². The number of nitrogens with one attached hydrogen (secondary N) is 1. The SMILES string of the molecule is S=c1ncc2c([nH]1)CCN(Cc1cc3ccccc3nc1Cl)C2. The van der Waals surface area contributed by atoms with Crippen molar-refractivity contribution in [2.24, 2.45) is 0 Å². The summed E-state index contributed by atoms with van der Waals surface area (Å²) in [4.78, 5) is 14.2. The van der Waals surface area contributed by atoms with Crippen molar-refractivity contribution in [3.63, 3.8) is 0 Å². The highest BCUT2D eigenvalue weighted by atomic mass is 35.5. The molecule has 1 aliphatic heterocycles. The third-order valence-electron chi connectivity index (χ3n) is 4.20. The Kier molecular flexibility index (Phi) is 3.85. The van der Waals surface area contributed by atoms with Crippen LogP contribution < -0.4 is 0 Å². The lowest BCUT2D eigenvalue weighted by Gasteiger charge is -2.28. The summed E-state index contributed by atoms with van der Waals surface area (Å²) in [6.45, 7) is 2.59. The second-order valence-electron chi connectivity index (χ2n) is 5.78. The first-order chi connectivity index (χ1) is 11.2. The summed E-state index contributed by atoms with van der Waals surface area (Å²) in [5.41, 5.74) is 4.39. The van der Waals surface area contributed by atoms with Gasteiger partial charge in [0.05, 0.1) is 5.52 Å². The van der Waals surface area contributed by atoms with E-state index in [4.69, 9.17) is 23.8 Å². The number of aromatic amines is 1. The molecule has 0 amide bonds. The number of benzene rings is 1. The molecule has 3 heterocycles.